The molecule has 1 rings (SSSR count). The van der Waals surface area contributed by atoms with Crippen molar-refractivity contribution in [3.63, 3.8) is 0 Å². The van der Waals surface area contributed by atoms with Gasteiger partial charge in [-0.2, -0.15) is 0 Å². The van der Waals surface area contributed by atoms with Crippen molar-refractivity contribution in [3.05, 3.63) is 35.1 Å². The van der Waals surface area contributed by atoms with E-state index in [4.69, 9.17) is 5.73 Å². The first-order chi connectivity index (χ1) is 10.5. The second-order valence-electron chi connectivity index (χ2n) is 6.75. The number of hydrogen-bond donors (Lipinski definition) is 2. The first kappa shape index (κ1) is 19.1. The van der Waals surface area contributed by atoms with Crippen molar-refractivity contribution in [2.45, 2.75) is 71.8 Å². The number of nitrogens with two attached hydrogens (primary N) is 1. The van der Waals surface area contributed by atoms with Crippen LogP contribution in [0.5, 0.6) is 0 Å². The van der Waals surface area contributed by atoms with Crippen LogP contribution in [0.4, 0.5) is 4.39 Å². The second-order valence-corrected chi connectivity index (χ2v) is 6.75. The normalized spacial score (nSPS) is 13.4. The Hall–Kier alpha value is -0.930. The Morgan fingerprint density at radius 3 is 2.36 bits per heavy atom. The van der Waals surface area contributed by atoms with E-state index in [0.29, 0.717) is 18.5 Å². The van der Waals surface area contributed by atoms with Gasteiger partial charge in [0.2, 0.25) is 0 Å². The fourth-order valence-corrected chi connectivity index (χ4v) is 3.34. The molecule has 0 bridgehead atoms. The van der Waals surface area contributed by atoms with Crippen LogP contribution in [0.3, 0.4) is 0 Å². The molecule has 0 spiro atoms. The first-order valence-electron chi connectivity index (χ1n) is 8.62. The van der Waals surface area contributed by atoms with Crippen molar-refractivity contribution in [1.29, 1.82) is 0 Å². The number of hydrogen-bond acceptors (Lipinski definition) is 2. The summed E-state index contributed by atoms with van der Waals surface area (Å²) in [6.07, 6.45) is 6.31. The van der Waals surface area contributed by atoms with E-state index in [2.05, 4.69) is 20.8 Å². The van der Waals surface area contributed by atoms with Crippen molar-refractivity contribution < 1.29 is 9.50 Å². The van der Waals surface area contributed by atoms with Crippen molar-refractivity contribution in [3.8, 4) is 0 Å². The molecule has 1 aromatic rings. The molecule has 0 aromatic heterocycles. The number of aryl methyl sites for hydroxylation is 1. The van der Waals surface area contributed by atoms with E-state index in [9.17, 15) is 9.50 Å². The maximum absolute atomic E-state index is 14.1. The van der Waals surface area contributed by atoms with Crippen molar-refractivity contribution in [2.24, 2.45) is 11.1 Å². The van der Waals surface area contributed by atoms with Gasteiger partial charge in [0.25, 0.3) is 0 Å². The van der Waals surface area contributed by atoms with Crippen LogP contribution in [0.2, 0.25) is 0 Å². The number of rotatable bonds is 10. The molecule has 0 fully saturated rings. The van der Waals surface area contributed by atoms with E-state index in [1.807, 2.05) is 6.07 Å². The maximum atomic E-state index is 14.1. The van der Waals surface area contributed by atoms with E-state index < -0.39 is 6.10 Å². The number of aliphatic hydroxyl groups excluding tert-OH is 1. The standard InChI is InChI=1S/C19H32FNO/c1-4-10-19(3,11-5-2)12-8-15-14-16(6-7-17(15)20)18(22)9-13-21/h6-7,14,18,22H,4-5,8-13,21H2,1-3H3. The van der Waals surface area contributed by atoms with Crippen LogP contribution in [0.15, 0.2) is 18.2 Å². The van der Waals surface area contributed by atoms with Gasteiger partial charge >= 0.3 is 0 Å². The topological polar surface area (TPSA) is 46.2 Å². The van der Waals surface area contributed by atoms with E-state index in [-0.39, 0.29) is 11.2 Å². The molecule has 126 valence electrons. The Morgan fingerprint density at radius 2 is 1.82 bits per heavy atom. The summed E-state index contributed by atoms with van der Waals surface area (Å²) in [6.45, 7) is 7.15. The number of aliphatic hydroxyl groups is 1. The average Bonchev–Trinajstić information content (AvgIpc) is 2.47. The van der Waals surface area contributed by atoms with Crippen LogP contribution < -0.4 is 5.73 Å². The summed E-state index contributed by atoms with van der Waals surface area (Å²) >= 11 is 0. The van der Waals surface area contributed by atoms with Crippen LogP contribution in [0.25, 0.3) is 0 Å². The Kier molecular flexibility index (Phi) is 8.05. The van der Waals surface area contributed by atoms with Crippen molar-refractivity contribution in [1.82, 2.24) is 0 Å². The summed E-state index contributed by atoms with van der Waals surface area (Å²) < 4.78 is 14.1. The van der Waals surface area contributed by atoms with Gasteiger partial charge < -0.3 is 10.8 Å². The fourth-order valence-electron chi connectivity index (χ4n) is 3.34. The summed E-state index contributed by atoms with van der Waals surface area (Å²) in [5, 5.41) is 10.0. The predicted octanol–water partition coefficient (Wildman–Crippen LogP) is 4.75. The van der Waals surface area contributed by atoms with Crippen LogP contribution >= 0.6 is 0 Å². The molecular formula is C19H32FNO. The Labute approximate surface area is 134 Å². The van der Waals surface area contributed by atoms with Crippen LogP contribution in [-0.4, -0.2) is 11.7 Å². The molecule has 3 heteroatoms. The van der Waals surface area contributed by atoms with E-state index in [1.165, 1.54) is 18.9 Å². The summed E-state index contributed by atoms with van der Waals surface area (Å²) in [4.78, 5) is 0. The van der Waals surface area contributed by atoms with Gasteiger partial charge in [-0.15, -0.1) is 0 Å². The van der Waals surface area contributed by atoms with Gasteiger partial charge in [0.1, 0.15) is 5.82 Å². The van der Waals surface area contributed by atoms with Crippen LogP contribution in [0, 0.1) is 11.2 Å². The summed E-state index contributed by atoms with van der Waals surface area (Å²) in [5.41, 5.74) is 7.25. The molecule has 1 atom stereocenters. The third-order valence-electron chi connectivity index (χ3n) is 4.60. The highest BCUT2D eigenvalue weighted by Crippen LogP contribution is 2.35. The second kappa shape index (κ2) is 9.26. The Balaban J connectivity index is 2.81. The predicted molar refractivity (Wildman–Crippen MR) is 91.3 cm³/mol. The molecule has 0 heterocycles. The van der Waals surface area contributed by atoms with E-state index in [0.717, 1.165) is 31.2 Å². The van der Waals surface area contributed by atoms with Crippen LogP contribution in [-0.2, 0) is 6.42 Å². The highest BCUT2D eigenvalue weighted by atomic mass is 19.1. The van der Waals surface area contributed by atoms with Gasteiger partial charge in [0.05, 0.1) is 6.10 Å². The Bertz CT molecular complexity index is 441. The minimum atomic E-state index is -0.595. The van der Waals surface area contributed by atoms with Gasteiger partial charge in [0.15, 0.2) is 0 Å². The quantitative estimate of drug-likeness (QED) is 0.655. The van der Waals surface area contributed by atoms with Crippen molar-refractivity contribution in [2.75, 3.05) is 6.54 Å². The molecular weight excluding hydrogens is 277 g/mol. The summed E-state index contributed by atoms with van der Waals surface area (Å²) in [7, 11) is 0. The zero-order valence-electron chi connectivity index (χ0n) is 14.4. The SMILES string of the molecule is CCCC(C)(CCC)CCc1cc(C(O)CCN)ccc1F. The zero-order chi connectivity index (χ0) is 16.6. The molecule has 0 aliphatic heterocycles. The van der Waals surface area contributed by atoms with Crippen LogP contribution in [0.1, 0.15) is 76.5 Å². The highest BCUT2D eigenvalue weighted by Gasteiger charge is 2.22. The third kappa shape index (κ3) is 5.69. The molecule has 22 heavy (non-hydrogen) atoms. The molecule has 1 aromatic carbocycles. The van der Waals surface area contributed by atoms with E-state index in [1.54, 1.807) is 6.07 Å². The number of halogens is 1. The first-order valence-corrected chi connectivity index (χ1v) is 8.62. The summed E-state index contributed by atoms with van der Waals surface area (Å²) in [6, 6.07) is 4.95. The minimum absolute atomic E-state index is 0.168. The van der Waals surface area contributed by atoms with Crippen molar-refractivity contribution >= 4 is 0 Å². The lowest BCUT2D eigenvalue weighted by Gasteiger charge is -2.29. The maximum Gasteiger partial charge on any atom is 0.126 e. The molecule has 0 amide bonds. The minimum Gasteiger partial charge on any atom is -0.388 e. The molecule has 3 N–H and O–H groups in total. The molecule has 0 saturated heterocycles. The van der Waals surface area contributed by atoms with E-state index >= 15 is 0 Å². The Morgan fingerprint density at radius 1 is 1.18 bits per heavy atom. The lowest BCUT2D eigenvalue weighted by Crippen LogP contribution is -2.17. The summed E-state index contributed by atoms with van der Waals surface area (Å²) in [5.74, 6) is -0.168. The molecule has 0 aliphatic rings. The fraction of sp³-hybridized carbons (Fsp3) is 0.684. The van der Waals surface area contributed by atoms with Gasteiger partial charge in [-0.1, -0.05) is 45.7 Å². The third-order valence-corrected chi connectivity index (χ3v) is 4.60. The highest BCUT2D eigenvalue weighted by molar-refractivity contribution is 5.27. The van der Waals surface area contributed by atoms with Gasteiger partial charge in [-0.3, -0.25) is 0 Å². The monoisotopic (exact) mass is 309 g/mol. The van der Waals surface area contributed by atoms with Gasteiger partial charge in [0, 0.05) is 0 Å². The largest absolute Gasteiger partial charge is 0.388 e. The average molecular weight is 309 g/mol. The lowest BCUT2D eigenvalue weighted by atomic mass is 9.76. The van der Waals surface area contributed by atoms with Gasteiger partial charge in [-0.05, 0) is 61.3 Å². The van der Waals surface area contributed by atoms with Gasteiger partial charge in [-0.25, -0.2) is 4.39 Å². The zero-order valence-corrected chi connectivity index (χ0v) is 14.4. The molecule has 2 nitrogen and oxygen atoms in total. The smallest absolute Gasteiger partial charge is 0.126 e. The molecule has 0 aliphatic carbocycles. The molecule has 0 radical (unpaired) electrons. The molecule has 1 unspecified atom stereocenters. The number of benzene rings is 1. The lowest BCUT2D eigenvalue weighted by molar-refractivity contribution is 0.170. The molecule has 0 saturated carbocycles.